The van der Waals surface area contributed by atoms with Crippen LogP contribution in [0, 0.1) is 19.6 Å². The van der Waals surface area contributed by atoms with E-state index >= 15 is 0 Å². The van der Waals surface area contributed by atoms with Crippen LogP contribution in [-0.2, 0) is 0 Å². The summed E-state index contributed by atoms with van der Waals surface area (Å²) >= 11 is 2.02. The molecule has 1 aliphatic carbocycles. The molecule has 1 fully saturated rings. The first-order chi connectivity index (χ1) is 8.97. The van der Waals surface area contributed by atoms with Crippen LogP contribution in [0.2, 0.25) is 0 Å². The number of nitro groups is 1. The topological polar surface area (TPSA) is 72.2 Å². The highest BCUT2D eigenvalue weighted by Gasteiger charge is 2.24. The van der Waals surface area contributed by atoms with Gasteiger partial charge in [-0.05, 0) is 53.8 Å². The molecule has 2 unspecified atom stereocenters. The fraction of sp³-hybridized carbons (Fsp3) is 0.462. The zero-order chi connectivity index (χ0) is 14.0. The molecule has 1 aromatic carbocycles. The summed E-state index contributed by atoms with van der Waals surface area (Å²) in [7, 11) is 0. The van der Waals surface area contributed by atoms with E-state index in [0.717, 1.165) is 22.8 Å². The summed E-state index contributed by atoms with van der Waals surface area (Å²) in [6.45, 7) is 2.17. The minimum absolute atomic E-state index is 0.0506. The molecule has 2 rings (SSSR count). The van der Waals surface area contributed by atoms with E-state index in [-0.39, 0.29) is 17.6 Å². The third-order valence-corrected chi connectivity index (χ3v) is 4.38. The molecule has 1 N–H and O–H groups in total. The summed E-state index contributed by atoms with van der Waals surface area (Å²) in [4.78, 5) is 22.4. The molecular formula is C13H15IN2O3. The maximum Gasteiger partial charge on any atom is 0.270 e. The average Bonchev–Trinajstić information content (AvgIpc) is 2.74. The van der Waals surface area contributed by atoms with Crippen molar-refractivity contribution in [3.05, 3.63) is 37.4 Å². The molecule has 1 saturated carbocycles. The number of halogens is 1. The van der Waals surface area contributed by atoms with E-state index in [9.17, 15) is 14.9 Å². The van der Waals surface area contributed by atoms with Crippen LogP contribution in [0.4, 0.5) is 5.69 Å². The maximum absolute atomic E-state index is 12.2. The third kappa shape index (κ3) is 3.43. The third-order valence-electron chi connectivity index (χ3n) is 3.44. The first kappa shape index (κ1) is 14.2. The normalized spacial score (nSPS) is 22.2. The minimum Gasteiger partial charge on any atom is -0.349 e. The van der Waals surface area contributed by atoms with Gasteiger partial charge in [-0.3, -0.25) is 14.9 Å². The monoisotopic (exact) mass is 374 g/mol. The van der Waals surface area contributed by atoms with Gasteiger partial charge in [-0.25, -0.2) is 0 Å². The standard InChI is InChI=1S/C13H15IN2O3/c1-8-2-3-9(6-8)15-13(17)11-7-10(16(18)19)4-5-12(11)14/h4-5,7-9H,2-3,6H2,1H3,(H,15,17). The van der Waals surface area contributed by atoms with Crippen LogP contribution in [0.25, 0.3) is 0 Å². The van der Waals surface area contributed by atoms with Crippen molar-refractivity contribution in [2.24, 2.45) is 5.92 Å². The van der Waals surface area contributed by atoms with E-state index in [2.05, 4.69) is 12.2 Å². The first-order valence-electron chi connectivity index (χ1n) is 6.22. The maximum atomic E-state index is 12.2. The molecule has 5 nitrogen and oxygen atoms in total. The summed E-state index contributed by atoms with van der Waals surface area (Å²) in [6, 6.07) is 4.55. The van der Waals surface area contributed by atoms with Gasteiger partial charge in [0.15, 0.2) is 0 Å². The summed E-state index contributed by atoms with van der Waals surface area (Å²) < 4.78 is 0.728. The van der Waals surface area contributed by atoms with Gasteiger partial charge >= 0.3 is 0 Å². The Morgan fingerprint density at radius 2 is 2.21 bits per heavy atom. The van der Waals surface area contributed by atoms with Crippen molar-refractivity contribution >= 4 is 34.2 Å². The van der Waals surface area contributed by atoms with Crippen LogP contribution in [0.3, 0.4) is 0 Å². The number of amides is 1. The minimum atomic E-state index is -0.482. The molecule has 1 aliphatic rings. The van der Waals surface area contributed by atoms with Crippen LogP contribution < -0.4 is 5.32 Å². The van der Waals surface area contributed by atoms with Crippen molar-refractivity contribution in [3.8, 4) is 0 Å². The lowest BCUT2D eigenvalue weighted by Gasteiger charge is -2.13. The predicted molar refractivity (Wildman–Crippen MR) is 80.1 cm³/mol. The Labute approximate surface area is 125 Å². The highest BCUT2D eigenvalue weighted by molar-refractivity contribution is 14.1. The number of rotatable bonds is 3. The SMILES string of the molecule is CC1CCC(NC(=O)c2cc([N+](=O)[O-])ccc2I)C1. The van der Waals surface area contributed by atoms with Crippen LogP contribution in [0.1, 0.15) is 36.5 Å². The van der Waals surface area contributed by atoms with Gasteiger partial charge in [-0.2, -0.15) is 0 Å². The van der Waals surface area contributed by atoms with Crippen molar-refractivity contribution in [2.75, 3.05) is 0 Å². The van der Waals surface area contributed by atoms with Gasteiger partial charge in [0.1, 0.15) is 0 Å². The van der Waals surface area contributed by atoms with Gasteiger partial charge in [-0.1, -0.05) is 6.92 Å². The Hall–Kier alpha value is -1.18. The van der Waals surface area contributed by atoms with Gasteiger partial charge in [-0.15, -0.1) is 0 Å². The Balaban J connectivity index is 2.14. The van der Waals surface area contributed by atoms with E-state index in [1.807, 2.05) is 22.6 Å². The summed E-state index contributed by atoms with van der Waals surface area (Å²) in [5, 5.41) is 13.7. The highest BCUT2D eigenvalue weighted by Crippen LogP contribution is 2.25. The van der Waals surface area contributed by atoms with E-state index < -0.39 is 4.92 Å². The quantitative estimate of drug-likeness (QED) is 0.502. The molecule has 0 radical (unpaired) electrons. The summed E-state index contributed by atoms with van der Waals surface area (Å²) in [5.41, 5.74) is 0.333. The Morgan fingerprint density at radius 1 is 1.47 bits per heavy atom. The lowest BCUT2D eigenvalue weighted by atomic mass is 10.1. The first-order valence-corrected chi connectivity index (χ1v) is 7.30. The molecule has 6 heteroatoms. The van der Waals surface area contributed by atoms with Crippen molar-refractivity contribution < 1.29 is 9.72 Å². The molecule has 19 heavy (non-hydrogen) atoms. The smallest absolute Gasteiger partial charge is 0.270 e. The number of nitro benzene ring substituents is 1. The molecule has 1 amide bonds. The van der Waals surface area contributed by atoms with Crippen LogP contribution in [0.15, 0.2) is 18.2 Å². The fourth-order valence-electron chi connectivity index (χ4n) is 2.40. The Bertz CT molecular complexity index is 519. The molecule has 102 valence electrons. The number of nitrogens with zero attached hydrogens (tertiary/aromatic N) is 1. The number of hydrogen-bond donors (Lipinski definition) is 1. The van der Waals surface area contributed by atoms with Crippen LogP contribution in [-0.4, -0.2) is 16.9 Å². The Kier molecular flexibility index (Phi) is 4.38. The van der Waals surface area contributed by atoms with Crippen molar-refractivity contribution in [1.82, 2.24) is 5.32 Å². The van der Waals surface area contributed by atoms with E-state index in [1.54, 1.807) is 6.07 Å². The van der Waals surface area contributed by atoms with E-state index in [0.29, 0.717) is 11.5 Å². The zero-order valence-electron chi connectivity index (χ0n) is 10.6. The van der Waals surface area contributed by atoms with Crippen molar-refractivity contribution in [1.29, 1.82) is 0 Å². The second-order valence-electron chi connectivity index (χ2n) is 5.01. The number of carbonyl (C=O) groups excluding carboxylic acids is 1. The Morgan fingerprint density at radius 3 is 2.79 bits per heavy atom. The van der Waals surface area contributed by atoms with Gasteiger partial charge in [0.25, 0.3) is 11.6 Å². The largest absolute Gasteiger partial charge is 0.349 e. The molecule has 2 atom stereocenters. The molecule has 0 aliphatic heterocycles. The lowest BCUT2D eigenvalue weighted by molar-refractivity contribution is -0.384. The lowest BCUT2D eigenvalue weighted by Crippen LogP contribution is -2.33. The van der Waals surface area contributed by atoms with Gasteiger partial charge in [0, 0.05) is 21.7 Å². The number of nitrogens with one attached hydrogen (secondary N) is 1. The van der Waals surface area contributed by atoms with Crippen LogP contribution >= 0.6 is 22.6 Å². The van der Waals surface area contributed by atoms with Crippen LogP contribution in [0.5, 0.6) is 0 Å². The summed E-state index contributed by atoms with van der Waals surface area (Å²) in [5.74, 6) is 0.418. The highest BCUT2D eigenvalue weighted by atomic mass is 127. The van der Waals surface area contributed by atoms with Crippen molar-refractivity contribution in [3.63, 3.8) is 0 Å². The number of benzene rings is 1. The average molecular weight is 374 g/mol. The number of non-ortho nitro benzene ring substituents is 1. The molecular weight excluding hydrogens is 359 g/mol. The molecule has 0 heterocycles. The van der Waals surface area contributed by atoms with Gasteiger partial charge in [0.05, 0.1) is 10.5 Å². The molecule has 0 spiro atoms. The van der Waals surface area contributed by atoms with Gasteiger partial charge < -0.3 is 5.32 Å². The molecule has 0 saturated heterocycles. The molecule has 0 bridgehead atoms. The van der Waals surface area contributed by atoms with Crippen molar-refractivity contribution in [2.45, 2.75) is 32.2 Å². The zero-order valence-corrected chi connectivity index (χ0v) is 12.7. The predicted octanol–water partition coefficient (Wildman–Crippen LogP) is 3.12. The second kappa shape index (κ2) is 5.85. The van der Waals surface area contributed by atoms with E-state index in [4.69, 9.17) is 0 Å². The molecule has 0 aromatic heterocycles. The summed E-state index contributed by atoms with van der Waals surface area (Å²) in [6.07, 6.45) is 3.09. The molecule has 1 aromatic rings. The second-order valence-corrected chi connectivity index (χ2v) is 6.17. The van der Waals surface area contributed by atoms with E-state index in [1.165, 1.54) is 12.1 Å². The fourth-order valence-corrected chi connectivity index (χ4v) is 2.98. The number of carbonyl (C=O) groups is 1. The van der Waals surface area contributed by atoms with Gasteiger partial charge in [0.2, 0.25) is 0 Å². The number of hydrogen-bond acceptors (Lipinski definition) is 3.